The largest absolute Gasteiger partial charge is 0.347 e. The van der Waals surface area contributed by atoms with Gasteiger partial charge in [-0.1, -0.05) is 25.1 Å². The second-order valence-corrected chi connectivity index (χ2v) is 7.90. The van der Waals surface area contributed by atoms with Crippen molar-refractivity contribution >= 4 is 17.5 Å². The Kier molecular flexibility index (Phi) is 4.72. The number of nitrogens with one attached hydrogen (secondary N) is 1. The van der Waals surface area contributed by atoms with Gasteiger partial charge in [-0.15, -0.1) is 0 Å². The van der Waals surface area contributed by atoms with Crippen molar-refractivity contribution < 1.29 is 19.1 Å². The smallest absolute Gasteiger partial charge is 0.240 e. The number of carbonyl (C=O) groups excluding carboxylic acids is 2. The summed E-state index contributed by atoms with van der Waals surface area (Å²) in [5, 5.41) is 3.07. The lowest BCUT2D eigenvalue weighted by molar-refractivity contribution is -0.188. The van der Waals surface area contributed by atoms with Crippen molar-refractivity contribution in [2.24, 2.45) is 5.41 Å². The summed E-state index contributed by atoms with van der Waals surface area (Å²) < 4.78 is 11.5. The average molecular weight is 372 g/mol. The fraction of sp³-hybridized carbons (Fsp3) is 0.619. The summed E-state index contributed by atoms with van der Waals surface area (Å²) in [5.74, 6) is -0.711. The maximum atomic E-state index is 13.1. The van der Waals surface area contributed by atoms with Gasteiger partial charge in [0.05, 0.1) is 13.2 Å². The third kappa shape index (κ3) is 3.25. The van der Waals surface area contributed by atoms with E-state index in [-0.39, 0.29) is 11.8 Å². The molecule has 3 aliphatic rings. The van der Waals surface area contributed by atoms with Gasteiger partial charge in [0, 0.05) is 31.6 Å². The van der Waals surface area contributed by atoms with Gasteiger partial charge in [0.25, 0.3) is 0 Å². The number of anilines is 1. The van der Waals surface area contributed by atoms with E-state index in [4.69, 9.17) is 9.47 Å². The van der Waals surface area contributed by atoms with Gasteiger partial charge in [0.1, 0.15) is 5.41 Å². The van der Waals surface area contributed by atoms with Crippen LogP contribution in [-0.2, 0) is 25.5 Å². The van der Waals surface area contributed by atoms with Crippen LogP contribution in [0.1, 0.15) is 43.7 Å². The second-order valence-electron chi connectivity index (χ2n) is 7.90. The van der Waals surface area contributed by atoms with Crippen LogP contribution in [0.5, 0.6) is 0 Å². The molecular weight excluding hydrogens is 344 g/mol. The van der Waals surface area contributed by atoms with E-state index in [1.807, 2.05) is 30.0 Å². The van der Waals surface area contributed by atoms with Crippen LogP contribution >= 0.6 is 0 Å². The number of aryl methyl sites for hydroxylation is 2. The molecule has 3 fully saturated rings. The van der Waals surface area contributed by atoms with E-state index in [1.54, 1.807) is 0 Å². The number of hydrogen-bond donors (Lipinski definition) is 1. The average Bonchev–Trinajstić information content (AvgIpc) is 3.38. The first-order valence-electron chi connectivity index (χ1n) is 9.97. The molecule has 1 aliphatic carbocycles. The topological polar surface area (TPSA) is 67.9 Å². The Morgan fingerprint density at radius 3 is 2.37 bits per heavy atom. The quantitative estimate of drug-likeness (QED) is 0.825. The zero-order valence-corrected chi connectivity index (χ0v) is 16.2. The summed E-state index contributed by atoms with van der Waals surface area (Å²) in [6, 6.07) is 6.01. The number of amides is 2. The van der Waals surface area contributed by atoms with Gasteiger partial charge in [-0.3, -0.25) is 9.59 Å². The van der Waals surface area contributed by atoms with Crippen molar-refractivity contribution in [1.29, 1.82) is 0 Å². The van der Waals surface area contributed by atoms with E-state index < -0.39 is 11.2 Å². The summed E-state index contributed by atoms with van der Waals surface area (Å²) in [6.07, 6.45) is 3.44. The number of piperidine rings is 1. The number of carbonyl (C=O) groups is 2. The highest BCUT2D eigenvalue weighted by molar-refractivity contribution is 6.13. The molecule has 2 aliphatic heterocycles. The third-order valence-electron chi connectivity index (χ3n) is 6.20. The Balaban J connectivity index is 1.44. The van der Waals surface area contributed by atoms with Gasteiger partial charge in [-0.25, -0.2) is 0 Å². The second kappa shape index (κ2) is 6.91. The molecule has 146 valence electrons. The molecule has 6 heteroatoms. The zero-order valence-electron chi connectivity index (χ0n) is 16.2. The summed E-state index contributed by atoms with van der Waals surface area (Å²) in [5.41, 5.74) is 2.09. The molecule has 0 unspecified atom stereocenters. The maximum Gasteiger partial charge on any atom is 0.240 e. The lowest BCUT2D eigenvalue weighted by Gasteiger charge is -2.38. The van der Waals surface area contributed by atoms with Gasteiger partial charge in [0.2, 0.25) is 11.8 Å². The standard InChI is InChI=1S/C21H28N2O4/c1-3-16-6-4-5-15(2)17(16)22-18(24)20(7-8-20)19(25)23-11-9-21(10-12-23)26-13-14-27-21/h4-6H,3,7-14H2,1-2H3,(H,22,24). The van der Waals surface area contributed by atoms with E-state index in [0.717, 1.165) is 23.2 Å². The molecule has 0 aromatic heterocycles. The van der Waals surface area contributed by atoms with Gasteiger partial charge >= 0.3 is 0 Å². The minimum absolute atomic E-state index is 0.0421. The van der Waals surface area contributed by atoms with Crippen LogP contribution in [-0.4, -0.2) is 48.8 Å². The van der Waals surface area contributed by atoms with Gasteiger partial charge < -0.3 is 19.7 Å². The minimum Gasteiger partial charge on any atom is -0.347 e. The van der Waals surface area contributed by atoms with E-state index in [1.165, 1.54) is 0 Å². The first-order chi connectivity index (χ1) is 13.0. The highest BCUT2D eigenvalue weighted by atomic mass is 16.7. The summed E-state index contributed by atoms with van der Waals surface area (Å²) in [6.45, 7) is 6.46. The molecule has 27 heavy (non-hydrogen) atoms. The first kappa shape index (κ1) is 18.4. The van der Waals surface area contributed by atoms with Crippen molar-refractivity contribution in [2.75, 3.05) is 31.6 Å². The number of rotatable bonds is 4. The molecule has 4 rings (SSSR count). The Bertz CT molecular complexity index is 741. The maximum absolute atomic E-state index is 13.1. The molecule has 2 amide bonds. The highest BCUT2D eigenvalue weighted by Crippen LogP contribution is 2.49. The number of benzene rings is 1. The van der Waals surface area contributed by atoms with E-state index in [0.29, 0.717) is 52.0 Å². The SMILES string of the molecule is CCc1cccc(C)c1NC(=O)C1(C(=O)N2CCC3(CC2)OCCO3)CC1. The van der Waals surface area contributed by atoms with Crippen molar-refractivity contribution in [3.63, 3.8) is 0 Å². The van der Waals surface area contributed by atoms with Gasteiger partial charge in [0.15, 0.2) is 5.79 Å². The molecule has 2 saturated heterocycles. The molecule has 6 nitrogen and oxygen atoms in total. The summed E-state index contributed by atoms with van der Waals surface area (Å²) in [4.78, 5) is 28.0. The van der Waals surface area contributed by atoms with Gasteiger partial charge in [-0.2, -0.15) is 0 Å². The summed E-state index contributed by atoms with van der Waals surface area (Å²) in [7, 11) is 0. The lowest BCUT2D eigenvalue weighted by Crippen LogP contribution is -2.51. The molecule has 1 aromatic carbocycles. The number of para-hydroxylation sites is 1. The number of hydrogen-bond acceptors (Lipinski definition) is 4. The predicted molar refractivity (Wildman–Crippen MR) is 101 cm³/mol. The number of ether oxygens (including phenoxy) is 2. The van der Waals surface area contributed by atoms with Crippen molar-refractivity contribution in [1.82, 2.24) is 4.90 Å². The molecule has 1 N–H and O–H groups in total. The van der Waals surface area contributed by atoms with E-state index >= 15 is 0 Å². The van der Waals surface area contributed by atoms with Crippen molar-refractivity contribution in [3.8, 4) is 0 Å². The fourth-order valence-electron chi connectivity index (χ4n) is 4.24. The van der Waals surface area contributed by atoms with Crippen LogP contribution in [0.2, 0.25) is 0 Å². The molecule has 1 aromatic rings. The molecule has 1 saturated carbocycles. The van der Waals surface area contributed by atoms with Crippen LogP contribution in [0.4, 0.5) is 5.69 Å². The predicted octanol–water partition coefficient (Wildman–Crippen LogP) is 2.64. The Hall–Kier alpha value is -1.92. The van der Waals surface area contributed by atoms with Crippen LogP contribution in [0.3, 0.4) is 0 Å². The van der Waals surface area contributed by atoms with Gasteiger partial charge in [-0.05, 0) is 37.3 Å². The summed E-state index contributed by atoms with van der Waals surface area (Å²) >= 11 is 0. The molecule has 0 atom stereocenters. The van der Waals surface area contributed by atoms with Crippen molar-refractivity contribution in [2.45, 2.75) is 51.7 Å². The monoisotopic (exact) mass is 372 g/mol. The molecule has 0 radical (unpaired) electrons. The molecule has 0 bridgehead atoms. The van der Waals surface area contributed by atoms with Crippen LogP contribution in [0.25, 0.3) is 0 Å². The highest BCUT2D eigenvalue weighted by Gasteiger charge is 2.59. The first-order valence-corrected chi connectivity index (χ1v) is 9.97. The Morgan fingerprint density at radius 1 is 1.11 bits per heavy atom. The van der Waals surface area contributed by atoms with E-state index in [2.05, 4.69) is 12.2 Å². The third-order valence-corrected chi connectivity index (χ3v) is 6.20. The minimum atomic E-state index is -0.894. The molecular formula is C21H28N2O4. The van der Waals surface area contributed by atoms with Crippen LogP contribution in [0, 0.1) is 12.3 Å². The number of nitrogens with zero attached hydrogens (tertiary/aromatic N) is 1. The Morgan fingerprint density at radius 2 is 1.78 bits per heavy atom. The fourth-order valence-corrected chi connectivity index (χ4v) is 4.24. The van der Waals surface area contributed by atoms with Crippen molar-refractivity contribution in [3.05, 3.63) is 29.3 Å². The number of likely N-dealkylation sites (tertiary alicyclic amines) is 1. The zero-order chi connectivity index (χ0) is 19.1. The normalized spacial score (nSPS) is 22.7. The molecule has 2 heterocycles. The lowest BCUT2D eigenvalue weighted by atomic mass is 9.98. The Labute approximate surface area is 160 Å². The van der Waals surface area contributed by atoms with Crippen LogP contribution in [0.15, 0.2) is 18.2 Å². The van der Waals surface area contributed by atoms with E-state index in [9.17, 15) is 9.59 Å². The van der Waals surface area contributed by atoms with Crippen LogP contribution < -0.4 is 5.32 Å². The molecule has 1 spiro atoms.